The molecule has 17 heavy (non-hydrogen) atoms. The lowest BCUT2D eigenvalue weighted by Crippen LogP contribution is -2.23. The first-order valence-electron chi connectivity index (χ1n) is 6.23. The molecule has 0 bridgehead atoms. The Morgan fingerprint density at radius 2 is 2.06 bits per heavy atom. The minimum atomic E-state index is 0.466. The fourth-order valence-corrected chi connectivity index (χ4v) is 2.75. The Labute approximate surface area is 109 Å². The summed E-state index contributed by atoms with van der Waals surface area (Å²) < 4.78 is 5.05. The Morgan fingerprint density at radius 1 is 1.29 bits per heavy atom. The van der Waals surface area contributed by atoms with Crippen molar-refractivity contribution in [3.8, 4) is 0 Å². The highest BCUT2D eigenvalue weighted by molar-refractivity contribution is 7.99. The SMILES string of the molecule is CCNC(CSCCCOC)c1ccccc1. The lowest BCUT2D eigenvalue weighted by molar-refractivity contribution is 0.200. The number of thioether (sulfide) groups is 1. The molecule has 1 atom stereocenters. The lowest BCUT2D eigenvalue weighted by atomic mass is 10.1. The maximum absolute atomic E-state index is 5.05. The summed E-state index contributed by atoms with van der Waals surface area (Å²) in [6.07, 6.45) is 1.13. The molecular formula is C14H23NOS. The summed E-state index contributed by atoms with van der Waals surface area (Å²) in [6, 6.07) is 11.1. The largest absolute Gasteiger partial charge is 0.385 e. The zero-order chi connectivity index (χ0) is 12.3. The molecule has 0 aliphatic carbocycles. The Bertz CT molecular complexity index is 279. The van der Waals surface area contributed by atoms with Crippen molar-refractivity contribution >= 4 is 11.8 Å². The van der Waals surface area contributed by atoms with Crippen LogP contribution in [0.1, 0.15) is 24.9 Å². The Kier molecular flexibility index (Phi) is 8.14. The minimum Gasteiger partial charge on any atom is -0.385 e. The van der Waals surface area contributed by atoms with Crippen molar-refractivity contribution in [3.63, 3.8) is 0 Å². The van der Waals surface area contributed by atoms with Gasteiger partial charge in [0, 0.05) is 25.5 Å². The zero-order valence-electron chi connectivity index (χ0n) is 10.8. The molecule has 0 heterocycles. The third-order valence-electron chi connectivity index (χ3n) is 2.57. The van der Waals surface area contributed by atoms with Crippen molar-refractivity contribution in [2.24, 2.45) is 0 Å². The zero-order valence-corrected chi connectivity index (χ0v) is 11.6. The van der Waals surface area contributed by atoms with Gasteiger partial charge >= 0.3 is 0 Å². The van der Waals surface area contributed by atoms with E-state index in [4.69, 9.17) is 4.74 Å². The van der Waals surface area contributed by atoms with E-state index in [0.29, 0.717) is 6.04 Å². The number of hydrogen-bond donors (Lipinski definition) is 1. The van der Waals surface area contributed by atoms with Gasteiger partial charge in [-0.3, -0.25) is 0 Å². The van der Waals surface area contributed by atoms with E-state index in [-0.39, 0.29) is 0 Å². The number of ether oxygens (including phenoxy) is 1. The van der Waals surface area contributed by atoms with Gasteiger partial charge in [-0.1, -0.05) is 37.3 Å². The molecule has 0 radical (unpaired) electrons. The summed E-state index contributed by atoms with van der Waals surface area (Å²) in [5, 5.41) is 3.54. The van der Waals surface area contributed by atoms with Gasteiger partial charge in [0.25, 0.3) is 0 Å². The van der Waals surface area contributed by atoms with Crippen LogP contribution >= 0.6 is 11.8 Å². The first-order chi connectivity index (χ1) is 8.38. The van der Waals surface area contributed by atoms with Crippen molar-refractivity contribution in [2.75, 3.05) is 31.8 Å². The molecule has 0 saturated heterocycles. The van der Waals surface area contributed by atoms with Gasteiger partial charge < -0.3 is 10.1 Å². The molecule has 1 N–H and O–H groups in total. The topological polar surface area (TPSA) is 21.3 Å². The second-order valence-electron chi connectivity index (χ2n) is 3.94. The molecule has 3 heteroatoms. The van der Waals surface area contributed by atoms with Crippen LogP contribution in [0.5, 0.6) is 0 Å². The Hall–Kier alpha value is -0.510. The first-order valence-corrected chi connectivity index (χ1v) is 7.39. The number of hydrogen-bond acceptors (Lipinski definition) is 3. The fraction of sp³-hybridized carbons (Fsp3) is 0.571. The Morgan fingerprint density at radius 3 is 2.71 bits per heavy atom. The molecule has 1 aromatic rings. The van der Waals surface area contributed by atoms with Gasteiger partial charge in [0.15, 0.2) is 0 Å². The van der Waals surface area contributed by atoms with Crippen LogP contribution in [0.15, 0.2) is 30.3 Å². The number of nitrogens with one attached hydrogen (secondary N) is 1. The number of benzene rings is 1. The predicted octanol–water partition coefficient (Wildman–Crippen LogP) is 3.11. The fourth-order valence-electron chi connectivity index (χ4n) is 1.71. The van der Waals surface area contributed by atoms with Gasteiger partial charge in [-0.2, -0.15) is 11.8 Å². The summed E-state index contributed by atoms with van der Waals surface area (Å²) in [6.45, 7) is 4.04. The first kappa shape index (κ1) is 14.6. The van der Waals surface area contributed by atoms with Crippen LogP contribution in [-0.2, 0) is 4.74 Å². The highest BCUT2D eigenvalue weighted by atomic mass is 32.2. The quantitative estimate of drug-likeness (QED) is 0.683. The average Bonchev–Trinajstić information content (AvgIpc) is 2.38. The van der Waals surface area contributed by atoms with E-state index >= 15 is 0 Å². The summed E-state index contributed by atoms with van der Waals surface area (Å²) in [5.41, 5.74) is 1.38. The van der Waals surface area contributed by atoms with E-state index in [9.17, 15) is 0 Å². The summed E-state index contributed by atoms with van der Waals surface area (Å²) in [7, 11) is 1.76. The van der Waals surface area contributed by atoms with Gasteiger partial charge in [-0.25, -0.2) is 0 Å². The molecule has 0 saturated carbocycles. The lowest BCUT2D eigenvalue weighted by Gasteiger charge is -2.17. The van der Waals surface area contributed by atoms with Gasteiger partial charge in [0.2, 0.25) is 0 Å². The van der Waals surface area contributed by atoms with E-state index in [1.807, 2.05) is 11.8 Å². The van der Waals surface area contributed by atoms with E-state index in [2.05, 4.69) is 42.6 Å². The summed E-state index contributed by atoms with van der Waals surface area (Å²) >= 11 is 1.99. The van der Waals surface area contributed by atoms with Crippen LogP contribution in [0.2, 0.25) is 0 Å². The van der Waals surface area contributed by atoms with Crippen molar-refractivity contribution in [3.05, 3.63) is 35.9 Å². The van der Waals surface area contributed by atoms with Gasteiger partial charge in [-0.15, -0.1) is 0 Å². The smallest absolute Gasteiger partial charge is 0.0470 e. The van der Waals surface area contributed by atoms with Gasteiger partial charge in [-0.05, 0) is 24.3 Å². The molecule has 0 fully saturated rings. The maximum atomic E-state index is 5.05. The number of rotatable bonds is 9. The average molecular weight is 253 g/mol. The van der Waals surface area contributed by atoms with E-state index in [0.717, 1.165) is 25.3 Å². The van der Waals surface area contributed by atoms with Crippen LogP contribution in [0.3, 0.4) is 0 Å². The van der Waals surface area contributed by atoms with Crippen molar-refractivity contribution < 1.29 is 4.74 Å². The molecule has 0 aliphatic heterocycles. The van der Waals surface area contributed by atoms with Crippen LogP contribution in [0, 0.1) is 0 Å². The van der Waals surface area contributed by atoms with E-state index < -0.39 is 0 Å². The van der Waals surface area contributed by atoms with Crippen LogP contribution in [0.4, 0.5) is 0 Å². The predicted molar refractivity (Wildman–Crippen MR) is 76.7 cm³/mol. The molecule has 2 nitrogen and oxygen atoms in total. The molecule has 0 spiro atoms. The molecule has 0 aromatic heterocycles. The van der Waals surface area contributed by atoms with Crippen molar-refractivity contribution in [1.82, 2.24) is 5.32 Å². The third kappa shape index (κ3) is 6.10. The molecule has 1 unspecified atom stereocenters. The van der Waals surface area contributed by atoms with Crippen LogP contribution in [-0.4, -0.2) is 31.8 Å². The normalized spacial score (nSPS) is 12.6. The van der Waals surface area contributed by atoms with Crippen molar-refractivity contribution in [1.29, 1.82) is 0 Å². The maximum Gasteiger partial charge on any atom is 0.0470 e. The minimum absolute atomic E-state index is 0.466. The van der Waals surface area contributed by atoms with Gasteiger partial charge in [0.05, 0.1) is 0 Å². The standard InChI is InChI=1S/C14H23NOS/c1-3-15-14(12-17-11-7-10-16-2)13-8-5-4-6-9-13/h4-6,8-9,14-15H,3,7,10-12H2,1-2H3. The molecule has 1 aromatic carbocycles. The highest BCUT2D eigenvalue weighted by Crippen LogP contribution is 2.18. The van der Waals surface area contributed by atoms with Crippen LogP contribution in [0.25, 0.3) is 0 Å². The molecule has 0 aliphatic rings. The third-order valence-corrected chi connectivity index (χ3v) is 3.72. The molecule has 1 rings (SSSR count). The highest BCUT2D eigenvalue weighted by Gasteiger charge is 2.08. The summed E-state index contributed by atoms with van der Waals surface area (Å²) in [5.74, 6) is 2.30. The van der Waals surface area contributed by atoms with Crippen molar-refractivity contribution in [2.45, 2.75) is 19.4 Å². The molecular weight excluding hydrogens is 230 g/mol. The van der Waals surface area contributed by atoms with Crippen LogP contribution < -0.4 is 5.32 Å². The molecule has 96 valence electrons. The second-order valence-corrected chi connectivity index (χ2v) is 5.09. The monoisotopic (exact) mass is 253 g/mol. The van der Waals surface area contributed by atoms with E-state index in [1.165, 1.54) is 11.3 Å². The second kappa shape index (κ2) is 9.51. The summed E-state index contributed by atoms with van der Waals surface area (Å²) in [4.78, 5) is 0. The van der Waals surface area contributed by atoms with Gasteiger partial charge in [0.1, 0.15) is 0 Å². The Balaban J connectivity index is 2.33. The van der Waals surface area contributed by atoms with E-state index in [1.54, 1.807) is 7.11 Å². The number of methoxy groups -OCH3 is 1. The molecule has 0 amide bonds.